The van der Waals surface area contributed by atoms with Crippen LogP contribution >= 0.6 is 11.3 Å². The molecule has 0 aliphatic carbocycles. The van der Waals surface area contributed by atoms with Gasteiger partial charge in [-0.05, 0) is 13.0 Å². The molecule has 3 nitrogen and oxygen atoms in total. The summed E-state index contributed by atoms with van der Waals surface area (Å²) in [6.45, 7) is 2.67. The first kappa shape index (κ1) is 10.1. The van der Waals surface area contributed by atoms with Gasteiger partial charge >= 0.3 is 0 Å². The average molecular weight is 220 g/mol. The molecule has 0 aliphatic heterocycles. The highest BCUT2D eigenvalue weighted by Gasteiger charge is 2.01. The van der Waals surface area contributed by atoms with Crippen LogP contribution in [0.2, 0.25) is 0 Å². The molecule has 0 bridgehead atoms. The van der Waals surface area contributed by atoms with E-state index in [0.29, 0.717) is 12.5 Å². The summed E-state index contributed by atoms with van der Waals surface area (Å²) in [6.07, 6.45) is 2.63. The van der Waals surface area contributed by atoms with Crippen molar-refractivity contribution in [3.63, 3.8) is 0 Å². The van der Waals surface area contributed by atoms with Gasteiger partial charge in [-0.25, -0.2) is 9.97 Å². The standard InChI is InChI=1S/C11H12N2OS/c1-9-10(15-8-13-9)5-7-14-11-4-2-3-6-12-11/h2-4,6,8H,5,7H2,1H3. The number of pyridine rings is 1. The van der Waals surface area contributed by atoms with Gasteiger partial charge in [0.2, 0.25) is 5.88 Å². The zero-order valence-corrected chi connectivity index (χ0v) is 9.33. The smallest absolute Gasteiger partial charge is 0.213 e. The maximum absolute atomic E-state index is 5.50. The third kappa shape index (κ3) is 2.76. The van der Waals surface area contributed by atoms with E-state index in [9.17, 15) is 0 Å². The minimum absolute atomic E-state index is 0.653. The van der Waals surface area contributed by atoms with E-state index < -0.39 is 0 Å². The second-order valence-corrected chi connectivity index (χ2v) is 4.07. The predicted octanol–water partition coefficient (Wildman–Crippen LogP) is 2.47. The lowest BCUT2D eigenvalue weighted by molar-refractivity contribution is 0.310. The highest BCUT2D eigenvalue weighted by atomic mass is 32.1. The molecule has 0 radical (unpaired) electrons. The SMILES string of the molecule is Cc1ncsc1CCOc1ccccn1. The van der Waals surface area contributed by atoms with Gasteiger partial charge in [-0.1, -0.05) is 6.07 Å². The lowest BCUT2D eigenvalue weighted by Crippen LogP contribution is -2.02. The van der Waals surface area contributed by atoms with Gasteiger partial charge in [-0.15, -0.1) is 11.3 Å². The van der Waals surface area contributed by atoms with Crippen molar-refractivity contribution in [2.24, 2.45) is 0 Å². The summed E-state index contributed by atoms with van der Waals surface area (Å²) in [6, 6.07) is 5.65. The van der Waals surface area contributed by atoms with Gasteiger partial charge in [-0.3, -0.25) is 0 Å². The van der Waals surface area contributed by atoms with Gasteiger partial charge < -0.3 is 4.74 Å². The van der Waals surface area contributed by atoms with Gasteiger partial charge in [0, 0.05) is 23.6 Å². The summed E-state index contributed by atoms with van der Waals surface area (Å²) in [5.74, 6) is 0.680. The van der Waals surface area contributed by atoms with Gasteiger partial charge in [-0.2, -0.15) is 0 Å². The fourth-order valence-corrected chi connectivity index (χ4v) is 2.01. The molecule has 0 amide bonds. The molecule has 2 rings (SSSR count). The number of rotatable bonds is 4. The van der Waals surface area contributed by atoms with E-state index in [1.807, 2.05) is 30.6 Å². The molecule has 0 atom stereocenters. The van der Waals surface area contributed by atoms with Crippen molar-refractivity contribution in [2.75, 3.05) is 6.61 Å². The molecule has 0 unspecified atom stereocenters. The molecular weight excluding hydrogens is 208 g/mol. The zero-order valence-electron chi connectivity index (χ0n) is 8.51. The quantitative estimate of drug-likeness (QED) is 0.794. The van der Waals surface area contributed by atoms with E-state index in [4.69, 9.17) is 4.74 Å². The highest BCUT2D eigenvalue weighted by Crippen LogP contribution is 2.13. The van der Waals surface area contributed by atoms with Crippen molar-refractivity contribution < 1.29 is 4.74 Å². The second kappa shape index (κ2) is 4.89. The lowest BCUT2D eigenvalue weighted by Gasteiger charge is -2.03. The Hall–Kier alpha value is -1.42. The number of hydrogen-bond donors (Lipinski definition) is 0. The first-order valence-corrected chi connectivity index (χ1v) is 5.67. The van der Waals surface area contributed by atoms with Crippen molar-refractivity contribution in [2.45, 2.75) is 13.3 Å². The second-order valence-electron chi connectivity index (χ2n) is 3.13. The van der Waals surface area contributed by atoms with Crippen LogP contribution in [0.5, 0.6) is 5.88 Å². The molecule has 4 heteroatoms. The van der Waals surface area contributed by atoms with Gasteiger partial charge in [0.15, 0.2) is 0 Å². The number of hydrogen-bond acceptors (Lipinski definition) is 4. The molecule has 78 valence electrons. The van der Waals surface area contributed by atoms with E-state index in [-0.39, 0.29) is 0 Å². The van der Waals surface area contributed by atoms with Crippen LogP contribution in [0, 0.1) is 6.92 Å². The topological polar surface area (TPSA) is 35.0 Å². The summed E-state index contributed by atoms with van der Waals surface area (Å²) in [7, 11) is 0. The van der Waals surface area contributed by atoms with Crippen molar-refractivity contribution in [1.82, 2.24) is 9.97 Å². The normalized spacial score (nSPS) is 10.2. The number of ether oxygens (including phenoxy) is 1. The highest BCUT2D eigenvalue weighted by molar-refractivity contribution is 7.09. The van der Waals surface area contributed by atoms with E-state index in [0.717, 1.165) is 12.1 Å². The number of aromatic nitrogens is 2. The first-order valence-electron chi connectivity index (χ1n) is 4.79. The van der Waals surface area contributed by atoms with Gasteiger partial charge in [0.25, 0.3) is 0 Å². The molecular formula is C11H12N2OS. The first-order chi connectivity index (χ1) is 7.36. The predicted molar refractivity (Wildman–Crippen MR) is 60.3 cm³/mol. The van der Waals surface area contributed by atoms with E-state index in [1.165, 1.54) is 4.88 Å². The monoisotopic (exact) mass is 220 g/mol. The summed E-state index contributed by atoms with van der Waals surface area (Å²) in [5.41, 5.74) is 2.97. The lowest BCUT2D eigenvalue weighted by atomic mass is 10.3. The van der Waals surface area contributed by atoms with Crippen LogP contribution in [0.3, 0.4) is 0 Å². The van der Waals surface area contributed by atoms with Gasteiger partial charge in [0.1, 0.15) is 0 Å². The summed E-state index contributed by atoms with van der Waals surface area (Å²) >= 11 is 1.67. The Kier molecular flexibility index (Phi) is 3.29. The maximum Gasteiger partial charge on any atom is 0.213 e. The molecule has 15 heavy (non-hydrogen) atoms. The molecule has 0 saturated heterocycles. The van der Waals surface area contributed by atoms with Crippen LogP contribution in [0.25, 0.3) is 0 Å². The zero-order chi connectivity index (χ0) is 10.5. The van der Waals surface area contributed by atoms with Crippen LogP contribution < -0.4 is 4.74 Å². The van der Waals surface area contributed by atoms with E-state index >= 15 is 0 Å². The molecule has 0 aliphatic rings. The number of thiazole rings is 1. The average Bonchev–Trinajstić information content (AvgIpc) is 2.66. The molecule has 2 heterocycles. The summed E-state index contributed by atoms with van der Waals surface area (Å²) < 4.78 is 5.50. The Bertz CT molecular complexity index is 414. The minimum Gasteiger partial charge on any atom is -0.477 e. The van der Waals surface area contributed by atoms with E-state index in [1.54, 1.807) is 17.5 Å². The Morgan fingerprint density at radius 2 is 2.27 bits per heavy atom. The van der Waals surface area contributed by atoms with Crippen LogP contribution in [0.1, 0.15) is 10.6 Å². The Morgan fingerprint density at radius 3 is 2.93 bits per heavy atom. The number of nitrogens with zero attached hydrogens (tertiary/aromatic N) is 2. The third-order valence-electron chi connectivity index (χ3n) is 2.06. The van der Waals surface area contributed by atoms with Crippen molar-refractivity contribution in [3.8, 4) is 5.88 Å². The van der Waals surface area contributed by atoms with E-state index in [2.05, 4.69) is 9.97 Å². The summed E-state index contributed by atoms with van der Waals surface area (Å²) in [5, 5.41) is 0. The van der Waals surface area contributed by atoms with Crippen LogP contribution in [-0.4, -0.2) is 16.6 Å². The van der Waals surface area contributed by atoms with Crippen LogP contribution in [-0.2, 0) is 6.42 Å². The Labute approximate surface area is 92.8 Å². The molecule has 0 N–H and O–H groups in total. The fourth-order valence-electron chi connectivity index (χ4n) is 1.25. The van der Waals surface area contributed by atoms with Crippen molar-refractivity contribution >= 4 is 11.3 Å². The Morgan fingerprint density at radius 1 is 1.33 bits per heavy atom. The largest absolute Gasteiger partial charge is 0.477 e. The molecule has 0 spiro atoms. The van der Waals surface area contributed by atoms with Crippen LogP contribution in [0.4, 0.5) is 0 Å². The van der Waals surface area contributed by atoms with Crippen molar-refractivity contribution in [3.05, 3.63) is 40.5 Å². The molecule has 0 fully saturated rings. The third-order valence-corrected chi connectivity index (χ3v) is 3.06. The molecule has 2 aromatic rings. The maximum atomic E-state index is 5.50. The molecule has 0 saturated carbocycles. The molecule has 2 aromatic heterocycles. The summed E-state index contributed by atoms with van der Waals surface area (Å²) in [4.78, 5) is 9.56. The minimum atomic E-state index is 0.653. The Balaban J connectivity index is 1.83. The molecule has 0 aromatic carbocycles. The van der Waals surface area contributed by atoms with Gasteiger partial charge in [0.05, 0.1) is 17.8 Å². The van der Waals surface area contributed by atoms with Crippen LogP contribution in [0.15, 0.2) is 29.9 Å². The van der Waals surface area contributed by atoms with Crippen molar-refractivity contribution in [1.29, 1.82) is 0 Å². The number of aryl methyl sites for hydroxylation is 1. The fraction of sp³-hybridized carbons (Fsp3) is 0.273.